The summed E-state index contributed by atoms with van der Waals surface area (Å²) in [6.07, 6.45) is 0. The maximum Gasteiger partial charge on any atom is 0.274 e. The lowest BCUT2D eigenvalue weighted by atomic mass is 9.84. The predicted molar refractivity (Wildman–Crippen MR) is 145 cm³/mol. The molecule has 0 radical (unpaired) electrons. The van der Waals surface area contributed by atoms with Crippen molar-refractivity contribution in [2.24, 2.45) is 0 Å². The van der Waals surface area contributed by atoms with Gasteiger partial charge in [0, 0.05) is 36.2 Å². The van der Waals surface area contributed by atoms with E-state index in [2.05, 4.69) is 45.0 Å². The van der Waals surface area contributed by atoms with E-state index in [1.807, 2.05) is 18.2 Å². The standard InChI is InChI=1S/C27H32N4O4S.ClH/c1-27(2,18-29(3)4)19-9-11-20(12-10-19)31-25-21-7-5-6-8-23(21)36(33,34)17-22(25)24(28-31)26(32)30-13-15-35-16-14-30;/h5-12H,13-18H2,1-4H3;1H. The number of aromatic nitrogens is 2. The molecule has 0 N–H and O–H groups in total. The van der Waals surface area contributed by atoms with E-state index in [4.69, 9.17) is 9.84 Å². The van der Waals surface area contributed by atoms with Crippen LogP contribution in [0.1, 0.15) is 35.5 Å². The molecule has 5 rings (SSSR count). The van der Waals surface area contributed by atoms with E-state index in [0.717, 1.165) is 12.2 Å². The maximum absolute atomic E-state index is 13.5. The van der Waals surface area contributed by atoms with Gasteiger partial charge in [-0.3, -0.25) is 4.79 Å². The largest absolute Gasteiger partial charge is 0.378 e. The van der Waals surface area contributed by atoms with Crippen molar-refractivity contribution in [2.75, 3.05) is 46.9 Å². The molecule has 0 unspecified atom stereocenters. The highest BCUT2D eigenvalue weighted by Gasteiger charge is 2.37. The van der Waals surface area contributed by atoms with Gasteiger partial charge >= 0.3 is 0 Å². The van der Waals surface area contributed by atoms with Gasteiger partial charge in [-0.25, -0.2) is 13.1 Å². The number of hydrogen-bond donors (Lipinski definition) is 0. The Hall–Kier alpha value is -2.72. The first kappa shape index (κ1) is 27.3. The van der Waals surface area contributed by atoms with Gasteiger partial charge < -0.3 is 14.5 Å². The Balaban J connectivity index is 0.00000320. The summed E-state index contributed by atoms with van der Waals surface area (Å²) in [5, 5.41) is 4.75. The van der Waals surface area contributed by atoms with Gasteiger partial charge in [0.05, 0.1) is 35.2 Å². The number of hydrogen-bond acceptors (Lipinski definition) is 6. The van der Waals surface area contributed by atoms with Crippen LogP contribution in [0, 0.1) is 0 Å². The van der Waals surface area contributed by atoms with Gasteiger partial charge in [-0.05, 0) is 37.9 Å². The minimum absolute atomic E-state index is 0. The molecule has 2 aliphatic rings. The molecule has 37 heavy (non-hydrogen) atoms. The number of carbonyl (C=O) groups excluding carboxylic acids is 1. The van der Waals surface area contributed by atoms with Gasteiger partial charge in [-0.15, -0.1) is 12.4 Å². The highest BCUT2D eigenvalue weighted by atomic mass is 35.5. The number of benzene rings is 2. The predicted octanol–water partition coefficient (Wildman–Crippen LogP) is 3.56. The summed E-state index contributed by atoms with van der Waals surface area (Å²) in [5.74, 6) is -0.509. The number of amides is 1. The lowest BCUT2D eigenvalue weighted by Crippen LogP contribution is -2.41. The van der Waals surface area contributed by atoms with E-state index in [9.17, 15) is 13.2 Å². The first-order valence-corrected chi connectivity index (χ1v) is 13.8. The van der Waals surface area contributed by atoms with Crippen molar-refractivity contribution < 1.29 is 17.9 Å². The fraction of sp³-hybridized carbons (Fsp3) is 0.407. The number of likely N-dealkylation sites (N-methyl/N-ethyl adjacent to an activating group) is 1. The fourth-order valence-electron chi connectivity index (χ4n) is 5.28. The van der Waals surface area contributed by atoms with E-state index < -0.39 is 9.84 Å². The zero-order valence-electron chi connectivity index (χ0n) is 21.6. The van der Waals surface area contributed by atoms with Crippen LogP contribution in [0.4, 0.5) is 0 Å². The summed E-state index contributed by atoms with van der Waals surface area (Å²) in [7, 11) is 0.518. The molecule has 0 spiro atoms. The molecule has 1 aromatic heterocycles. The Bertz CT molecular complexity index is 1410. The molecule has 3 heterocycles. The summed E-state index contributed by atoms with van der Waals surface area (Å²) in [4.78, 5) is 17.7. The summed E-state index contributed by atoms with van der Waals surface area (Å²) in [6, 6.07) is 15.1. The highest BCUT2D eigenvalue weighted by Crippen LogP contribution is 2.41. The van der Waals surface area contributed by atoms with Crippen LogP contribution in [0.3, 0.4) is 0 Å². The third-order valence-electron chi connectivity index (χ3n) is 6.90. The zero-order chi connectivity index (χ0) is 25.7. The molecule has 1 amide bonds. The molecule has 0 saturated carbocycles. The fourth-order valence-corrected chi connectivity index (χ4v) is 6.87. The molecular weight excluding hydrogens is 512 g/mol. The molecule has 2 aliphatic heterocycles. The molecule has 0 aliphatic carbocycles. The number of ether oxygens (including phenoxy) is 1. The minimum Gasteiger partial charge on any atom is -0.378 e. The molecule has 2 aromatic carbocycles. The molecule has 3 aromatic rings. The van der Waals surface area contributed by atoms with Crippen molar-refractivity contribution in [1.29, 1.82) is 0 Å². The van der Waals surface area contributed by atoms with Crippen LogP contribution in [0.2, 0.25) is 0 Å². The Morgan fingerprint density at radius 1 is 1.05 bits per heavy atom. The van der Waals surface area contributed by atoms with E-state index in [1.54, 1.807) is 27.8 Å². The Morgan fingerprint density at radius 3 is 2.35 bits per heavy atom. The molecule has 8 nitrogen and oxygen atoms in total. The van der Waals surface area contributed by atoms with Crippen molar-refractivity contribution in [3.63, 3.8) is 0 Å². The summed E-state index contributed by atoms with van der Waals surface area (Å²) in [6.45, 7) is 7.14. The van der Waals surface area contributed by atoms with Crippen LogP contribution in [0.5, 0.6) is 0 Å². The number of nitrogens with zero attached hydrogens (tertiary/aromatic N) is 4. The number of rotatable bonds is 5. The second-order valence-electron chi connectivity index (χ2n) is 10.4. The van der Waals surface area contributed by atoms with Crippen LogP contribution < -0.4 is 0 Å². The number of morpholine rings is 1. The first-order valence-electron chi connectivity index (χ1n) is 12.2. The van der Waals surface area contributed by atoms with Crippen LogP contribution in [-0.2, 0) is 25.7 Å². The topological polar surface area (TPSA) is 84.7 Å². The average molecular weight is 545 g/mol. The van der Waals surface area contributed by atoms with Gasteiger partial charge in [-0.2, -0.15) is 5.10 Å². The molecule has 10 heteroatoms. The van der Waals surface area contributed by atoms with Gasteiger partial charge in [-0.1, -0.05) is 44.2 Å². The lowest BCUT2D eigenvalue weighted by molar-refractivity contribution is 0.0298. The van der Waals surface area contributed by atoms with Crippen LogP contribution in [0.25, 0.3) is 16.9 Å². The van der Waals surface area contributed by atoms with Gasteiger partial charge in [0.25, 0.3) is 5.91 Å². The smallest absolute Gasteiger partial charge is 0.274 e. The third kappa shape index (κ3) is 5.05. The average Bonchev–Trinajstić information content (AvgIpc) is 3.22. The van der Waals surface area contributed by atoms with Crippen LogP contribution in [0.15, 0.2) is 53.4 Å². The SMILES string of the molecule is CN(C)CC(C)(C)c1ccc(-n2nc(C(=O)N3CCOCC3)c3c2-c2ccccc2S(=O)(=O)C3)cc1.Cl. The van der Waals surface area contributed by atoms with E-state index in [1.165, 1.54) is 5.56 Å². The summed E-state index contributed by atoms with van der Waals surface area (Å²) in [5.41, 5.74) is 3.81. The van der Waals surface area contributed by atoms with Crippen molar-refractivity contribution in [1.82, 2.24) is 19.6 Å². The normalized spacial score (nSPS) is 16.6. The number of fused-ring (bicyclic) bond motifs is 3. The van der Waals surface area contributed by atoms with E-state index >= 15 is 0 Å². The van der Waals surface area contributed by atoms with Crippen molar-refractivity contribution in [3.8, 4) is 16.9 Å². The summed E-state index contributed by atoms with van der Waals surface area (Å²) < 4.78 is 33.5. The second kappa shape index (κ2) is 10.2. The zero-order valence-corrected chi connectivity index (χ0v) is 23.2. The van der Waals surface area contributed by atoms with Crippen molar-refractivity contribution in [2.45, 2.75) is 29.9 Å². The highest BCUT2D eigenvalue weighted by molar-refractivity contribution is 7.90. The van der Waals surface area contributed by atoms with Crippen LogP contribution in [-0.4, -0.2) is 80.8 Å². The minimum atomic E-state index is -3.60. The third-order valence-corrected chi connectivity index (χ3v) is 8.60. The molecule has 0 bridgehead atoms. The molecule has 1 saturated heterocycles. The van der Waals surface area contributed by atoms with Gasteiger partial charge in [0.2, 0.25) is 0 Å². The van der Waals surface area contributed by atoms with E-state index in [0.29, 0.717) is 43.1 Å². The first-order chi connectivity index (χ1) is 17.1. The Kier molecular flexibility index (Phi) is 7.54. The van der Waals surface area contributed by atoms with Crippen molar-refractivity contribution >= 4 is 28.2 Å². The van der Waals surface area contributed by atoms with Gasteiger partial charge in [0.1, 0.15) is 0 Å². The number of carbonyl (C=O) groups is 1. The van der Waals surface area contributed by atoms with Crippen molar-refractivity contribution in [3.05, 3.63) is 65.4 Å². The summed E-state index contributed by atoms with van der Waals surface area (Å²) >= 11 is 0. The van der Waals surface area contributed by atoms with Crippen LogP contribution >= 0.6 is 12.4 Å². The Morgan fingerprint density at radius 2 is 1.70 bits per heavy atom. The van der Waals surface area contributed by atoms with E-state index in [-0.39, 0.29) is 40.1 Å². The molecule has 198 valence electrons. The lowest BCUT2D eigenvalue weighted by Gasteiger charge is -2.29. The molecule has 0 atom stereocenters. The monoisotopic (exact) mass is 544 g/mol. The quantitative estimate of drug-likeness (QED) is 0.488. The molecular formula is C27H33ClN4O4S. The van der Waals surface area contributed by atoms with Gasteiger partial charge in [0.15, 0.2) is 15.5 Å². The number of halogens is 1. The second-order valence-corrected chi connectivity index (χ2v) is 12.4. The number of sulfone groups is 1. The Labute approximate surface area is 224 Å². The molecule has 1 fully saturated rings. The maximum atomic E-state index is 13.5.